The number of ether oxygens (including phenoxy) is 1. The molecule has 0 bridgehead atoms. The van der Waals surface area contributed by atoms with Crippen LogP contribution >= 0.6 is 0 Å². The van der Waals surface area contributed by atoms with Crippen LogP contribution in [0.2, 0.25) is 0 Å². The van der Waals surface area contributed by atoms with E-state index in [2.05, 4.69) is 11.8 Å². The molecule has 1 aliphatic heterocycles. The minimum Gasteiger partial charge on any atom is -0.444 e. The van der Waals surface area contributed by atoms with Gasteiger partial charge in [0.25, 0.3) is 0 Å². The Hall–Kier alpha value is -2.35. The van der Waals surface area contributed by atoms with Crippen LogP contribution in [0.25, 0.3) is 0 Å². The Morgan fingerprint density at radius 3 is 2.50 bits per heavy atom. The summed E-state index contributed by atoms with van der Waals surface area (Å²) < 4.78 is 18.4. The number of likely N-dealkylation sites (tertiary alicyclic amines) is 1. The van der Waals surface area contributed by atoms with Crippen LogP contribution in [-0.2, 0) is 4.74 Å². The number of halogens is 1. The number of rotatable bonds is 2. The second kappa shape index (κ2) is 8.35. The van der Waals surface area contributed by atoms with E-state index in [1.54, 1.807) is 4.90 Å². The standard InChI is InChI=1S/C21H26FNO3/c1-5-18-14-15(12-13-23(18)20(25)26-21(2,3)4)6-11-19(24)16-7-9-17(22)10-8-16/h7-10,15,18H,5,12-14H2,1-4H3. The van der Waals surface area contributed by atoms with Gasteiger partial charge in [0.05, 0.1) is 0 Å². The summed E-state index contributed by atoms with van der Waals surface area (Å²) in [4.78, 5) is 26.2. The van der Waals surface area contributed by atoms with E-state index < -0.39 is 5.60 Å². The van der Waals surface area contributed by atoms with Crippen LogP contribution in [-0.4, -0.2) is 35.0 Å². The van der Waals surface area contributed by atoms with Gasteiger partial charge in [0.15, 0.2) is 0 Å². The number of carbonyl (C=O) groups excluding carboxylic acids is 2. The lowest BCUT2D eigenvalue weighted by molar-refractivity contribution is 0.00668. The predicted octanol–water partition coefficient (Wildman–Crippen LogP) is 4.44. The van der Waals surface area contributed by atoms with E-state index in [4.69, 9.17) is 4.74 Å². The number of hydrogen-bond donors (Lipinski definition) is 0. The smallest absolute Gasteiger partial charge is 0.410 e. The molecule has 0 aliphatic carbocycles. The molecule has 2 rings (SSSR count). The third-order valence-electron chi connectivity index (χ3n) is 4.31. The summed E-state index contributed by atoms with van der Waals surface area (Å²) in [5, 5.41) is 0. The number of nitrogens with zero attached hydrogens (tertiary/aromatic N) is 1. The molecule has 0 spiro atoms. The van der Waals surface area contributed by atoms with Crippen LogP contribution in [0.1, 0.15) is 57.3 Å². The van der Waals surface area contributed by atoms with Gasteiger partial charge in [0.1, 0.15) is 11.4 Å². The lowest BCUT2D eigenvalue weighted by atomic mass is 9.90. The van der Waals surface area contributed by atoms with Crippen LogP contribution in [0, 0.1) is 23.6 Å². The van der Waals surface area contributed by atoms with E-state index in [1.165, 1.54) is 24.3 Å². The van der Waals surface area contributed by atoms with Gasteiger partial charge >= 0.3 is 6.09 Å². The zero-order valence-electron chi connectivity index (χ0n) is 15.8. The largest absolute Gasteiger partial charge is 0.444 e. The summed E-state index contributed by atoms with van der Waals surface area (Å²) in [6.07, 6.45) is 1.94. The fourth-order valence-corrected chi connectivity index (χ4v) is 2.97. The van der Waals surface area contributed by atoms with Crippen molar-refractivity contribution in [3.63, 3.8) is 0 Å². The second-order valence-corrected chi connectivity index (χ2v) is 7.56. The van der Waals surface area contributed by atoms with Crippen molar-refractivity contribution >= 4 is 11.9 Å². The third-order valence-corrected chi connectivity index (χ3v) is 4.31. The van der Waals surface area contributed by atoms with Crippen LogP contribution < -0.4 is 0 Å². The number of hydrogen-bond acceptors (Lipinski definition) is 3. The van der Waals surface area contributed by atoms with E-state index in [9.17, 15) is 14.0 Å². The number of benzene rings is 1. The maximum atomic E-state index is 12.9. The maximum absolute atomic E-state index is 12.9. The fourth-order valence-electron chi connectivity index (χ4n) is 2.97. The van der Waals surface area contributed by atoms with Gasteiger partial charge in [0.2, 0.25) is 5.78 Å². The molecule has 0 radical (unpaired) electrons. The zero-order chi connectivity index (χ0) is 19.3. The minimum absolute atomic E-state index is 0.0545. The summed E-state index contributed by atoms with van der Waals surface area (Å²) in [7, 11) is 0. The highest BCUT2D eigenvalue weighted by Gasteiger charge is 2.32. The van der Waals surface area contributed by atoms with Gasteiger partial charge in [-0.15, -0.1) is 0 Å². The molecule has 0 saturated carbocycles. The zero-order valence-corrected chi connectivity index (χ0v) is 15.8. The molecule has 1 saturated heterocycles. The first-order valence-corrected chi connectivity index (χ1v) is 9.00. The lowest BCUT2D eigenvalue weighted by Crippen LogP contribution is -2.47. The Kier molecular flexibility index (Phi) is 6.42. The highest BCUT2D eigenvalue weighted by Crippen LogP contribution is 2.26. The number of piperidine rings is 1. The average Bonchev–Trinajstić information content (AvgIpc) is 2.58. The quantitative estimate of drug-likeness (QED) is 0.446. The highest BCUT2D eigenvalue weighted by atomic mass is 19.1. The third kappa shape index (κ3) is 5.59. The number of amides is 1. The van der Waals surface area contributed by atoms with E-state index in [1.807, 2.05) is 27.7 Å². The summed E-state index contributed by atoms with van der Waals surface area (Å²) in [5.74, 6) is 5.07. The Morgan fingerprint density at radius 2 is 1.92 bits per heavy atom. The average molecular weight is 359 g/mol. The molecule has 1 aliphatic rings. The Labute approximate surface area is 154 Å². The summed E-state index contributed by atoms with van der Waals surface area (Å²) >= 11 is 0. The van der Waals surface area contributed by atoms with E-state index >= 15 is 0 Å². The van der Waals surface area contributed by atoms with Crippen molar-refractivity contribution in [2.45, 2.75) is 58.6 Å². The first kappa shape index (κ1) is 20.0. The fraction of sp³-hybridized carbons (Fsp3) is 0.524. The van der Waals surface area contributed by atoms with Crippen molar-refractivity contribution in [2.75, 3.05) is 6.54 Å². The number of carbonyl (C=O) groups is 2. The molecule has 1 fully saturated rings. The van der Waals surface area contributed by atoms with Crippen molar-refractivity contribution in [1.82, 2.24) is 4.90 Å². The monoisotopic (exact) mass is 359 g/mol. The normalized spacial score (nSPS) is 20.1. The predicted molar refractivity (Wildman–Crippen MR) is 98.2 cm³/mol. The Balaban J connectivity index is 1.99. The van der Waals surface area contributed by atoms with Crippen molar-refractivity contribution in [2.24, 2.45) is 5.92 Å². The van der Waals surface area contributed by atoms with Crippen LogP contribution in [0.5, 0.6) is 0 Å². The molecular weight excluding hydrogens is 333 g/mol. The van der Waals surface area contributed by atoms with Gasteiger partial charge in [-0.05, 0) is 70.2 Å². The number of Topliss-reactive ketones (excluding diaryl/α,β-unsaturated/α-hetero) is 1. The van der Waals surface area contributed by atoms with Gasteiger partial charge in [-0.25, -0.2) is 9.18 Å². The minimum atomic E-state index is -0.520. The molecule has 2 atom stereocenters. The van der Waals surface area contributed by atoms with Crippen LogP contribution in [0.4, 0.5) is 9.18 Å². The van der Waals surface area contributed by atoms with Gasteiger partial charge in [-0.3, -0.25) is 4.79 Å². The van der Waals surface area contributed by atoms with Crippen molar-refractivity contribution in [3.05, 3.63) is 35.6 Å². The molecule has 0 aromatic heterocycles. The molecule has 140 valence electrons. The van der Waals surface area contributed by atoms with Gasteiger partial charge < -0.3 is 9.64 Å². The Bertz CT molecular complexity index is 710. The SMILES string of the molecule is CCC1CC(C#CC(=O)c2ccc(F)cc2)CCN1C(=O)OC(C)(C)C. The van der Waals surface area contributed by atoms with Crippen molar-refractivity contribution in [3.8, 4) is 11.8 Å². The topological polar surface area (TPSA) is 46.6 Å². The summed E-state index contributed by atoms with van der Waals surface area (Å²) in [6.45, 7) is 8.15. The summed E-state index contributed by atoms with van der Waals surface area (Å²) in [5.41, 5.74) is -0.134. The first-order chi connectivity index (χ1) is 12.2. The number of ketones is 1. The van der Waals surface area contributed by atoms with E-state index in [-0.39, 0.29) is 29.7 Å². The van der Waals surface area contributed by atoms with E-state index in [0.717, 1.165) is 12.8 Å². The Morgan fingerprint density at radius 1 is 1.27 bits per heavy atom. The first-order valence-electron chi connectivity index (χ1n) is 9.00. The molecule has 26 heavy (non-hydrogen) atoms. The van der Waals surface area contributed by atoms with Crippen LogP contribution in [0.15, 0.2) is 24.3 Å². The van der Waals surface area contributed by atoms with Gasteiger partial charge in [0, 0.05) is 24.1 Å². The molecular formula is C21H26FNO3. The molecule has 4 nitrogen and oxygen atoms in total. The molecule has 1 heterocycles. The second-order valence-electron chi connectivity index (χ2n) is 7.56. The van der Waals surface area contributed by atoms with Crippen molar-refractivity contribution in [1.29, 1.82) is 0 Å². The molecule has 1 amide bonds. The van der Waals surface area contributed by atoms with Gasteiger partial charge in [-0.1, -0.05) is 12.8 Å². The molecule has 0 N–H and O–H groups in total. The molecule has 5 heteroatoms. The lowest BCUT2D eigenvalue weighted by Gasteiger charge is -2.38. The molecule has 2 unspecified atom stereocenters. The van der Waals surface area contributed by atoms with E-state index in [0.29, 0.717) is 18.5 Å². The van der Waals surface area contributed by atoms with Gasteiger partial charge in [-0.2, -0.15) is 0 Å². The van der Waals surface area contributed by atoms with Crippen molar-refractivity contribution < 1.29 is 18.7 Å². The van der Waals surface area contributed by atoms with Crippen LogP contribution in [0.3, 0.4) is 0 Å². The summed E-state index contributed by atoms with van der Waals surface area (Å²) in [6, 6.07) is 5.43. The molecule has 1 aromatic carbocycles. The maximum Gasteiger partial charge on any atom is 0.410 e. The highest BCUT2D eigenvalue weighted by molar-refractivity contribution is 6.08. The molecule has 1 aromatic rings.